The van der Waals surface area contributed by atoms with Crippen LogP contribution in [-0.4, -0.2) is 4.57 Å². The Balaban J connectivity index is 2.69. The maximum Gasteiger partial charge on any atom is 0.0483 e. The largest absolute Gasteiger partial charge is 0.345 e. The quantitative estimate of drug-likeness (QED) is 0.648. The Morgan fingerprint density at radius 2 is 2.00 bits per heavy atom. The van der Waals surface area contributed by atoms with E-state index in [0.29, 0.717) is 6.04 Å². The molecule has 0 radical (unpaired) electrons. The fourth-order valence-corrected chi connectivity index (χ4v) is 1.77. The molecule has 1 aromatic heterocycles. The van der Waals surface area contributed by atoms with Crippen LogP contribution in [0.1, 0.15) is 19.9 Å². The molecule has 2 rings (SSSR count). The average molecular weight is 194 g/mol. The predicted octanol–water partition coefficient (Wildman–Crippen LogP) is 3.88. The van der Waals surface area contributed by atoms with Crippen LogP contribution in [0.3, 0.4) is 0 Å². The van der Waals surface area contributed by atoms with Crippen molar-refractivity contribution in [1.82, 2.24) is 4.57 Å². The van der Waals surface area contributed by atoms with Gasteiger partial charge in [-0.1, -0.05) is 11.6 Å². The lowest BCUT2D eigenvalue weighted by atomic mass is 10.2. The minimum atomic E-state index is 0.499. The number of benzene rings is 1. The maximum atomic E-state index is 5.90. The third kappa shape index (κ3) is 1.44. The van der Waals surface area contributed by atoms with Crippen LogP contribution < -0.4 is 0 Å². The molecule has 68 valence electrons. The number of halogens is 1. The van der Waals surface area contributed by atoms with Gasteiger partial charge in [-0.15, -0.1) is 0 Å². The first kappa shape index (κ1) is 8.64. The maximum absolute atomic E-state index is 5.90. The van der Waals surface area contributed by atoms with E-state index in [0.717, 1.165) is 5.02 Å². The van der Waals surface area contributed by atoms with Crippen LogP contribution in [0.4, 0.5) is 0 Å². The summed E-state index contributed by atoms with van der Waals surface area (Å²) in [7, 11) is 0. The molecule has 1 heterocycles. The molecule has 0 N–H and O–H groups in total. The number of nitrogens with zero attached hydrogens (tertiary/aromatic N) is 1. The van der Waals surface area contributed by atoms with Gasteiger partial charge in [0.05, 0.1) is 0 Å². The van der Waals surface area contributed by atoms with E-state index < -0.39 is 0 Å². The van der Waals surface area contributed by atoms with Crippen LogP contribution in [-0.2, 0) is 0 Å². The Hall–Kier alpha value is -0.950. The number of hydrogen-bond donors (Lipinski definition) is 0. The van der Waals surface area contributed by atoms with E-state index in [4.69, 9.17) is 11.6 Å². The highest BCUT2D eigenvalue weighted by atomic mass is 35.5. The molecule has 0 aliphatic heterocycles. The van der Waals surface area contributed by atoms with Crippen LogP contribution in [0.15, 0.2) is 30.5 Å². The predicted molar refractivity (Wildman–Crippen MR) is 57.3 cm³/mol. The van der Waals surface area contributed by atoms with Crippen LogP contribution in [0.25, 0.3) is 10.9 Å². The van der Waals surface area contributed by atoms with E-state index in [1.165, 1.54) is 10.9 Å². The summed E-state index contributed by atoms with van der Waals surface area (Å²) in [4.78, 5) is 0. The lowest BCUT2D eigenvalue weighted by Crippen LogP contribution is -1.97. The SMILES string of the molecule is CC(C)n1ccc2cc(Cl)ccc21. The molecule has 0 unspecified atom stereocenters. The summed E-state index contributed by atoms with van der Waals surface area (Å²) in [5.74, 6) is 0. The monoisotopic (exact) mass is 193 g/mol. The van der Waals surface area contributed by atoms with Gasteiger partial charge in [0.2, 0.25) is 0 Å². The summed E-state index contributed by atoms with van der Waals surface area (Å²) >= 11 is 5.90. The first-order chi connectivity index (χ1) is 6.18. The molecule has 2 aromatic rings. The van der Waals surface area contributed by atoms with Gasteiger partial charge < -0.3 is 4.57 Å². The van der Waals surface area contributed by atoms with Gasteiger partial charge in [0, 0.05) is 28.2 Å². The molecule has 0 aliphatic carbocycles. The molecular formula is C11H12ClN. The molecule has 0 saturated heterocycles. The molecule has 0 amide bonds. The number of fused-ring (bicyclic) bond motifs is 1. The van der Waals surface area contributed by atoms with E-state index >= 15 is 0 Å². The Bertz CT molecular complexity index is 429. The molecular weight excluding hydrogens is 182 g/mol. The summed E-state index contributed by atoms with van der Waals surface area (Å²) in [6, 6.07) is 8.59. The standard InChI is InChI=1S/C11H12ClN/c1-8(2)13-6-5-9-7-10(12)3-4-11(9)13/h3-8H,1-2H3. The first-order valence-corrected chi connectivity index (χ1v) is 4.82. The van der Waals surface area contributed by atoms with Crippen molar-refractivity contribution in [3.8, 4) is 0 Å². The number of hydrogen-bond acceptors (Lipinski definition) is 0. The summed E-state index contributed by atoms with van der Waals surface area (Å²) in [5, 5.41) is 2.01. The topological polar surface area (TPSA) is 4.93 Å². The second-order valence-electron chi connectivity index (χ2n) is 3.52. The normalized spacial score (nSPS) is 11.4. The van der Waals surface area contributed by atoms with E-state index in [2.05, 4.69) is 36.7 Å². The van der Waals surface area contributed by atoms with Crippen molar-refractivity contribution in [2.24, 2.45) is 0 Å². The highest BCUT2D eigenvalue weighted by Crippen LogP contribution is 2.22. The van der Waals surface area contributed by atoms with Gasteiger partial charge >= 0.3 is 0 Å². The summed E-state index contributed by atoms with van der Waals surface area (Å²) in [6.07, 6.45) is 2.10. The molecule has 1 nitrogen and oxygen atoms in total. The van der Waals surface area contributed by atoms with Crippen molar-refractivity contribution in [2.45, 2.75) is 19.9 Å². The highest BCUT2D eigenvalue weighted by molar-refractivity contribution is 6.31. The second kappa shape index (κ2) is 3.08. The summed E-state index contributed by atoms with van der Waals surface area (Å²) in [5.41, 5.74) is 1.25. The zero-order valence-electron chi connectivity index (χ0n) is 7.79. The van der Waals surface area contributed by atoms with E-state index in [1.54, 1.807) is 0 Å². The molecule has 0 atom stereocenters. The zero-order valence-corrected chi connectivity index (χ0v) is 8.55. The van der Waals surface area contributed by atoms with E-state index in [-0.39, 0.29) is 0 Å². The van der Waals surface area contributed by atoms with Gasteiger partial charge in [0.1, 0.15) is 0 Å². The molecule has 0 spiro atoms. The van der Waals surface area contributed by atoms with Crippen LogP contribution in [0.2, 0.25) is 5.02 Å². The van der Waals surface area contributed by atoms with Gasteiger partial charge in [-0.25, -0.2) is 0 Å². The van der Waals surface area contributed by atoms with Crippen molar-refractivity contribution in [1.29, 1.82) is 0 Å². The van der Waals surface area contributed by atoms with E-state index in [9.17, 15) is 0 Å². The van der Waals surface area contributed by atoms with Crippen LogP contribution >= 0.6 is 11.6 Å². The molecule has 0 bridgehead atoms. The minimum Gasteiger partial charge on any atom is -0.345 e. The van der Waals surface area contributed by atoms with Crippen LogP contribution in [0.5, 0.6) is 0 Å². The Morgan fingerprint density at radius 3 is 2.69 bits per heavy atom. The number of aromatic nitrogens is 1. The molecule has 2 heteroatoms. The zero-order chi connectivity index (χ0) is 9.42. The number of rotatable bonds is 1. The molecule has 1 aromatic carbocycles. The van der Waals surface area contributed by atoms with Crippen molar-refractivity contribution in [3.63, 3.8) is 0 Å². The molecule has 0 aliphatic rings. The van der Waals surface area contributed by atoms with Crippen molar-refractivity contribution in [3.05, 3.63) is 35.5 Å². The fourth-order valence-electron chi connectivity index (χ4n) is 1.59. The molecule has 13 heavy (non-hydrogen) atoms. The third-order valence-corrected chi connectivity index (χ3v) is 2.47. The van der Waals surface area contributed by atoms with Crippen molar-refractivity contribution in [2.75, 3.05) is 0 Å². The van der Waals surface area contributed by atoms with Crippen LogP contribution in [0, 0.1) is 0 Å². The van der Waals surface area contributed by atoms with Crippen molar-refractivity contribution < 1.29 is 0 Å². The van der Waals surface area contributed by atoms with Crippen molar-refractivity contribution >= 4 is 22.5 Å². The lowest BCUT2D eigenvalue weighted by molar-refractivity contribution is 0.623. The first-order valence-electron chi connectivity index (χ1n) is 4.44. The Labute approximate surface area is 82.9 Å². The van der Waals surface area contributed by atoms with Gasteiger partial charge in [0.25, 0.3) is 0 Å². The minimum absolute atomic E-state index is 0.499. The van der Waals surface area contributed by atoms with E-state index in [1.807, 2.05) is 12.1 Å². The summed E-state index contributed by atoms with van der Waals surface area (Å²) in [6.45, 7) is 4.35. The highest BCUT2D eigenvalue weighted by Gasteiger charge is 2.03. The van der Waals surface area contributed by atoms with Gasteiger partial charge in [-0.2, -0.15) is 0 Å². The van der Waals surface area contributed by atoms with Gasteiger partial charge in [-0.05, 0) is 38.1 Å². The molecule has 0 saturated carbocycles. The second-order valence-corrected chi connectivity index (χ2v) is 3.96. The third-order valence-electron chi connectivity index (χ3n) is 2.24. The van der Waals surface area contributed by atoms with Gasteiger partial charge in [-0.3, -0.25) is 0 Å². The Kier molecular flexibility index (Phi) is 2.04. The van der Waals surface area contributed by atoms with Gasteiger partial charge in [0.15, 0.2) is 0 Å². The summed E-state index contributed by atoms with van der Waals surface area (Å²) < 4.78 is 2.24. The lowest BCUT2D eigenvalue weighted by Gasteiger charge is -2.08. The fraction of sp³-hybridized carbons (Fsp3) is 0.273. The Morgan fingerprint density at radius 1 is 1.23 bits per heavy atom. The molecule has 0 fully saturated rings. The smallest absolute Gasteiger partial charge is 0.0483 e. The average Bonchev–Trinajstić information content (AvgIpc) is 2.46.